The van der Waals surface area contributed by atoms with Crippen LogP contribution in [0.3, 0.4) is 0 Å². The molecule has 2 atom stereocenters. The lowest BCUT2D eigenvalue weighted by Crippen LogP contribution is -2.25. The highest BCUT2D eigenvalue weighted by Crippen LogP contribution is 2.25. The second kappa shape index (κ2) is 6.02. The third-order valence-electron chi connectivity index (χ3n) is 3.39. The Kier molecular flexibility index (Phi) is 4.97. The van der Waals surface area contributed by atoms with E-state index in [1.165, 1.54) is 16.7 Å². The zero-order chi connectivity index (χ0) is 12.1. The van der Waals surface area contributed by atoms with Crippen LogP contribution in [0.5, 0.6) is 0 Å². The van der Waals surface area contributed by atoms with E-state index in [0.717, 1.165) is 13.0 Å². The summed E-state index contributed by atoms with van der Waals surface area (Å²) in [6, 6.07) is 7.10. The topological polar surface area (TPSA) is 38.0 Å². The van der Waals surface area contributed by atoms with Crippen molar-refractivity contribution in [2.75, 3.05) is 13.6 Å². The molecule has 3 N–H and O–H groups in total. The van der Waals surface area contributed by atoms with Gasteiger partial charge in [0.15, 0.2) is 0 Å². The van der Waals surface area contributed by atoms with Crippen LogP contribution in [-0.4, -0.2) is 13.6 Å². The number of hydrogen-bond donors (Lipinski definition) is 2. The van der Waals surface area contributed by atoms with E-state index in [9.17, 15) is 0 Å². The molecule has 90 valence electrons. The first-order valence-corrected chi connectivity index (χ1v) is 6.04. The number of hydrogen-bond acceptors (Lipinski definition) is 2. The molecule has 0 saturated carbocycles. The molecule has 0 spiro atoms. The van der Waals surface area contributed by atoms with Crippen molar-refractivity contribution < 1.29 is 0 Å². The molecule has 0 bridgehead atoms. The first-order valence-electron chi connectivity index (χ1n) is 6.04. The molecule has 0 radical (unpaired) electrons. The highest BCUT2D eigenvalue weighted by molar-refractivity contribution is 5.32. The number of rotatable bonds is 5. The van der Waals surface area contributed by atoms with Gasteiger partial charge in [0.2, 0.25) is 0 Å². The molecule has 2 unspecified atom stereocenters. The van der Waals surface area contributed by atoms with Crippen molar-refractivity contribution in [3.8, 4) is 0 Å². The minimum Gasteiger partial charge on any atom is -0.330 e. The van der Waals surface area contributed by atoms with Crippen molar-refractivity contribution >= 4 is 0 Å². The summed E-state index contributed by atoms with van der Waals surface area (Å²) in [5, 5.41) is 3.39. The molecular weight excluding hydrogens is 196 g/mol. The molecule has 0 fully saturated rings. The van der Waals surface area contributed by atoms with Gasteiger partial charge in [-0.25, -0.2) is 0 Å². The summed E-state index contributed by atoms with van der Waals surface area (Å²) in [7, 11) is 2.02. The van der Waals surface area contributed by atoms with E-state index in [-0.39, 0.29) is 0 Å². The first-order chi connectivity index (χ1) is 7.60. The largest absolute Gasteiger partial charge is 0.330 e. The Balaban J connectivity index is 2.90. The summed E-state index contributed by atoms with van der Waals surface area (Å²) >= 11 is 0. The lowest BCUT2D eigenvalue weighted by atomic mass is 9.90. The summed E-state index contributed by atoms with van der Waals surface area (Å²) in [5.74, 6) is 0.567. The normalized spacial score (nSPS) is 14.8. The van der Waals surface area contributed by atoms with Gasteiger partial charge in [0.1, 0.15) is 0 Å². The maximum Gasteiger partial charge on any atom is 0.0344 e. The third kappa shape index (κ3) is 3.06. The molecule has 1 rings (SSSR count). The fourth-order valence-electron chi connectivity index (χ4n) is 2.17. The van der Waals surface area contributed by atoms with Gasteiger partial charge in [-0.15, -0.1) is 0 Å². The SMILES string of the molecule is CNC(c1ccc(C)c(C)c1)C(C)CCN. The van der Waals surface area contributed by atoms with E-state index in [1.807, 2.05) is 7.05 Å². The number of nitrogens with two attached hydrogens (primary N) is 1. The Bertz CT molecular complexity index is 334. The summed E-state index contributed by atoms with van der Waals surface area (Å²) in [4.78, 5) is 0. The highest BCUT2D eigenvalue weighted by atomic mass is 14.9. The molecule has 2 heteroatoms. The van der Waals surface area contributed by atoms with Gasteiger partial charge in [0.25, 0.3) is 0 Å². The number of nitrogens with one attached hydrogen (secondary N) is 1. The van der Waals surface area contributed by atoms with E-state index in [0.29, 0.717) is 12.0 Å². The highest BCUT2D eigenvalue weighted by Gasteiger charge is 2.16. The van der Waals surface area contributed by atoms with E-state index < -0.39 is 0 Å². The van der Waals surface area contributed by atoms with Gasteiger partial charge in [0.05, 0.1) is 0 Å². The fourth-order valence-corrected chi connectivity index (χ4v) is 2.17. The smallest absolute Gasteiger partial charge is 0.0344 e. The van der Waals surface area contributed by atoms with Gasteiger partial charge in [-0.2, -0.15) is 0 Å². The second-order valence-corrected chi connectivity index (χ2v) is 4.66. The van der Waals surface area contributed by atoms with E-state index in [2.05, 4.69) is 44.3 Å². The summed E-state index contributed by atoms with van der Waals surface area (Å²) in [5.41, 5.74) is 9.70. The molecule has 2 nitrogen and oxygen atoms in total. The Morgan fingerprint density at radius 3 is 2.44 bits per heavy atom. The zero-order valence-electron chi connectivity index (χ0n) is 10.9. The Morgan fingerprint density at radius 2 is 1.94 bits per heavy atom. The Labute approximate surface area is 99.2 Å². The number of aryl methyl sites for hydroxylation is 2. The van der Waals surface area contributed by atoms with Crippen molar-refractivity contribution in [2.45, 2.75) is 33.2 Å². The minimum atomic E-state index is 0.405. The standard InChI is InChI=1S/C14H24N2/c1-10-5-6-13(9-12(10)3)14(16-4)11(2)7-8-15/h5-6,9,11,14,16H,7-8,15H2,1-4H3. The van der Waals surface area contributed by atoms with Crippen molar-refractivity contribution in [1.29, 1.82) is 0 Å². The maximum absolute atomic E-state index is 5.63. The molecular formula is C14H24N2. The van der Waals surface area contributed by atoms with Crippen LogP contribution in [0.2, 0.25) is 0 Å². The van der Waals surface area contributed by atoms with Crippen molar-refractivity contribution in [3.05, 3.63) is 34.9 Å². The molecule has 0 aromatic heterocycles. The van der Waals surface area contributed by atoms with Crippen LogP contribution in [0.4, 0.5) is 0 Å². The van der Waals surface area contributed by atoms with E-state index in [1.54, 1.807) is 0 Å². The zero-order valence-corrected chi connectivity index (χ0v) is 10.9. The predicted octanol–water partition coefficient (Wildman–Crippen LogP) is 2.55. The lowest BCUT2D eigenvalue weighted by molar-refractivity contribution is 0.391. The third-order valence-corrected chi connectivity index (χ3v) is 3.39. The van der Waals surface area contributed by atoms with Crippen molar-refractivity contribution in [3.63, 3.8) is 0 Å². The maximum atomic E-state index is 5.63. The molecule has 0 saturated heterocycles. The Hall–Kier alpha value is -0.860. The van der Waals surface area contributed by atoms with Crippen LogP contribution in [0, 0.1) is 19.8 Å². The van der Waals surface area contributed by atoms with Gasteiger partial charge in [-0.1, -0.05) is 25.1 Å². The fraction of sp³-hybridized carbons (Fsp3) is 0.571. The second-order valence-electron chi connectivity index (χ2n) is 4.66. The molecule has 1 aromatic carbocycles. The Morgan fingerprint density at radius 1 is 1.25 bits per heavy atom. The van der Waals surface area contributed by atoms with Crippen molar-refractivity contribution in [2.24, 2.45) is 11.7 Å². The van der Waals surface area contributed by atoms with Gasteiger partial charge in [-0.3, -0.25) is 0 Å². The molecule has 16 heavy (non-hydrogen) atoms. The van der Waals surface area contributed by atoms with Crippen LogP contribution in [-0.2, 0) is 0 Å². The summed E-state index contributed by atoms with van der Waals surface area (Å²) in [6.07, 6.45) is 1.05. The van der Waals surface area contributed by atoms with Crippen LogP contribution in [0.25, 0.3) is 0 Å². The lowest BCUT2D eigenvalue weighted by Gasteiger charge is -2.24. The van der Waals surface area contributed by atoms with E-state index in [4.69, 9.17) is 5.73 Å². The predicted molar refractivity (Wildman–Crippen MR) is 70.6 cm³/mol. The molecule has 0 aliphatic rings. The molecule has 0 aliphatic heterocycles. The summed E-state index contributed by atoms with van der Waals surface area (Å²) < 4.78 is 0. The van der Waals surface area contributed by atoms with Gasteiger partial charge < -0.3 is 11.1 Å². The minimum absolute atomic E-state index is 0.405. The van der Waals surface area contributed by atoms with Crippen LogP contribution in [0.1, 0.15) is 36.1 Å². The van der Waals surface area contributed by atoms with Gasteiger partial charge in [0, 0.05) is 6.04 Å². The summed E-state index contributed by atoms with van der Waals surface area (Å²) in [6.45, 7) is 7.32. The average Bonchev–Trinajstić information content (AvgIpc) is 2.25. The molecule has 1 aromatic rings. The molecule has 0 aliphatic carbocycles. The first kappa shape index (κ1) is 13.2. The molecule has 0 heterocycles. The monoisotopic (exact) mass is 220 g/mol. The average molecular weight is 220 g/mol. The quantitative estimate of drug-likeness (QED) is 0.800. The van der Waals surface area contributed by atoms with Crippen LogP contribution >= 0.6 is 0 Å². The van der Waals surface area contributed by atoms with Crippen LogP contribution < -0.4 is 11.1 Å². The van der Waals surface area contributed by atoms with Gasteiger partial charge in [-0.05, 0) is 56.5 Å². The van der Waals surface area contributed by atoms with Gasteiger partial charge >= 0.3 is 0 Å². The molecule has 0 amide bonds. The number of benzene rings is 1. The van der Waals surface area contributed by atoms with E-state index >= 15 is 0 Å². The van der Waals surface area contributed by atoms with Crippen molar-refractivity contribution in [1.82, 2.24) is 5.32 Å². The van der Waals surface area contributed by atoms with Crippen LogP contribution in [0.15, 0.2) is 18.2 Å².